The average molecular weight is 381 g/mol. The van der Waals surface area contributed by atoms with Gasteiger partial charge in [-0.25, -0.2) is 14.6 Å². The van der Waals surface area contributed by atoms with E-state index in [4.69, 9.17) is 9.47 Å². The number of allylic oxidation sites excluding steroid dienone is 2. The third-order valence-electron chi connectivity index (χ3n) is 4.28. The van der Waals surface area contributed by atoms with Crippen molar-refractivity contribution in [3.63, 3.8) is 0 Å². The van der Waals surface area contributed by atoms with Crippen LogP contribution in [-0.2, 0) is 25.5 Å². The van der Waals surface area contributed by atoms with E-state index >= 15 is 0 Å². The van der Waals surface area contributed by atoms with Gasteiger partial charge in [0.05, 0.1) is 30.8 Å². The van der Waals surface area contributed by atoms with Crippen LogP contribution in [0.25, 0.3) is 11.0 Å². The summed E-state index contributed by atoms with van der Waals surface area (Å²) in [6, 6.07) is 5.61. The van der Waals surface area contributed by atoms with Gasteiger partial charge >= 0.3 is 11.9 Å². The van der Waals surface area contributed by atoms with E-state index in [1.54, 1.807) is 23.3 Å². The fourth-order valence-electron chi connectivity index (χ4n) is 3.05. The lowest BCUT2D eigenvalue weighted by Crippen LogP contribution is -2.26. The first-order chi connectivity index (χ1) is 13.4. The van der Waals surface area contributed by atoms with E-state index in [1.165, 1.54) is 20.3 Å². The van der Waals surface area contributed by atoms with Gasteiger partial charge in [0.25, 0.3) is 0 Å². The molecule has 2 aromatic rings. The first-order valence-corrected chi connectivity index (χ1v) is 8.98. The number of carbonyl (C=O) groups is 2. The Labute approximate surface area is 163 Å². The van der Waals surface area contributed by atoms with Crippen LogP contribution in [-0.4, -0.2) is 36.1 Å². The number of nitrogens with one attached hydrogen (secondary N) is 1. The minimum absolute atomic E-state index is 0.0839. The number of hydrogen-bond acceptors (Lipinski definition) is 6. The van der Waals surface area contributed by atoms with Gasteiger partial charge in [-0.1, -0.05) is 19.9 Å². The summed E-state index contributed by atoms with van der Waals surface area (Å²) in [6.07, 6.45) is 7.48. The predicted octanol–water partition coefficient (Wildman–Crippen LogP) is 3.25. The third-order valence-corrected chi connectivity index (χ3v) is 4.28. The maximum atomic E-state index is 12.5. The number of H-pyrrole nitrogens is 1. The van der Waals surface area contributed by atoms with E-state index < -0.39 is 11.9 Å². The average Bonchev–Trinajstić information content (AvgIpc) is 2.93. The van der Waals surface area contributed by atoms with Crippen LogP contribution < -0.4 is 4.90 Å². The molecule has 0 radical (unpaired) electrons. The second kappa shape index (κ2) is 8.12. The monoisotopic (exact) mass is 381 g/mol. The molecule has 1 aliphatic rings. The molecule has 1 aromatic carbocycles. The summed E-state index contributed by atoms with van der Waals surface area (Å²) in [5.41, 5.74) is 2.58. The highest BCUT2D eigenvalue weighted by molar-refractivity contribution is 6.05. The van der Waals surface area contributed by atoms with Crippen molar-refractivity contribution in [3.05, 3.63) is 59.7 Å². The van der Waals surface area contributed by atoms with E-state index in [1.807, 2.05) is 18.2 Å². The molecule has 1 aromatic heterocycles. The third kappa shape index (κ3) is 3.83. The number of carbonyl (C=O) groups excluding carboxylic acids is 2. The first kappa shape index (κ1) is 19.4. The van der Waals surface area contributed by atoms with Gasteiger partial charge in [0.2, 0.25) is 0 Å². The molecule has 0 saturated carbocycles. The molecule has 2 heterocycles. The van der Waals surface area contributed by atoms with Crippen LogP contribution in [0.5, 0.6) is 0 Å². The Hall–Kier alpha value is -3.35. The lowest BCUT2D eigenvalue weighted by atomic mass is 10.1. The zero-order valence-corrected chi connectivity index (χ0v) is 16.4. The predicted molar refractivity (Wildman–Crippen MR) is 106 cm³/mol. The van der Waals surface area contributed by atoms with Gasteiger partial charge in [-0.2, -0.15) is 0 Å². The minimum atomic E-state index is -0.637. The normalized spacial score (nSPS) is 14.0. The van der Waals surface area contributed by atoms with Crippen LogP contribution >= 0.6 is 0 Å². The molecule has 0 amide bonds. The van der Waals surface area contributed by atoms with Crippen molar-refractivity contribution in [2.45, 2.75) is 20.3 Å². The Bertz CT molecular complexity index is 998. The molecule has 7 heteroatoms. The van der Waals surface area contributed by atoms with Gasteiger partial charge in [0.1, 0.15) is 11.5 Å². The number of esters is 2. The maximum absolute atomic E-state index is 12.5. The zero-order chi connectivity index (χ0) is 20.3. The van der Waals surface area contributed by atoms with Crippen LogP contribution in [0.15, 0.2) is 53.9 Å². The van der Waals surface area contributed by atoms with E-state index in [-0.39, 0.29) is 11.3 Å². The summed E-state index contributed by atoms with van der Waals surface area (Å²) in [5, 5.41) is 0. The summed E-state index contributed by atoms with van der Waals surface area (Å²) in [4.78, 5) is 34.3. The number of anilines is 1. The van der Waals surface area contributed by atoms with Crippen molar-refractivity contribution in [3.8, 4) is 0 Å². The van der Waals surface area contributed by atoms with Crippen molar-refractivity contribution in [1.29, 1.82) is 0 Å². The van der Waals surface area contributed by atoms with Crippen LogP contribution in [0, 0.1) is 5.92 Å². The smallest absolute Gasteiger partial charge is 0.355 e. The standard InChI is InChI=1S/C21H23N3O4/c1-13(2)11-18-22-16-9-8-14(12-17(16)23-18)24-10-6-5-7-15(20(25)27-3)19(24)21(26)28-4/h5-10,12-13H,11H2,1-4H3,(H,22,23). The Morgan fingerprint density at radius 1 is 1.14 bits per heavy atom. The molecule has 1 aliphatic heterocycles. The topological polar surface area (TPSA) is 84.5 Å². The van der Waals surface area contributed by atoms with Crippen molar-refractivity contribution >= 4 is 28.7 Å². The molecule has 0 saturated heterocycles. The highest BCUT2D eigenvalue weighted by Gasteiger charge is 2.27. The molecule has 1 N–H and O–H groups in total. The molecule has 3 rings (SSSR count). The number of methoxy groups -OCH3 is 2. The maximum Gasteiger partial charge on any atom is 0.355 e. The van der Waals surface area contributed by atoms with Crippen molar-refractivity contribution in [2.75, 3.05) is 19.1 Å². The Balaban J connectivity index is 2.11. The number of aromatic nitrogens is 2. The number of benzene rings is 1. The number of aromatic amines is 1. The summed E-state index contributed by atoms with van der Waals surface area (Å²) in [5.74, 6) is 0.138. The SMILES string of the molecule is COC(=O)C1=C(C(=O)OC)N(c2ccc3nc(CC(C)C)[nH]c3c2)C=CC=C1. The fourth-order valence-corrected chi connectivity index (χ4v) is 3.05. The van der Waals surface area contributed by atoms with Gasteiger partial charge in [-0.05, 0) is 36.3 Å². The highest BCUT2D eigenvalue weighted by atomic mass is 16.5. The summed E-state index contributed by atoms with van der Waals surface area (Å²) < 4.78 is 9.76. The van der Waals surface area contributed by atoms with Gasteiger partial charge in [-0.15, -0.1) is 0 Å². The summed E-state index contributed by atoms with van der Waals surface area (Å²) >= 11 is 0. The molecule has 28 heavy (non-hydrogen) atoms. The first-order valence-electron chi connectivity index (χ1n) is 8.98. The Morgan fingerprint density at radius 2 is 1.89 bits per heavy atom. The molecule has 0 fully saturated rings. The Kier molecular flexibility index (Phi) is 5.63. The molecule has 0 unspecified atom stereocenters. The largest absolute Gasteiger partial charge is 0.465 e. The van der Waals surface area contributed by atoms with Crippen molar-refractivity contribution < 1.29 is 19.1 Å². The Morgan fingerprint density at radius 3 is 2.57 bits per heavy atom. The van der Waals surface area contributed by atoms with Gasteiger partial charge < -0.3 is 19.4 Å². The van der Waals surface area contributed by atoms with Gasteiger partial charge in [-0.3, -0.25) is 0 Å². The molecule has 0 bridgehead atoms. The van der Waals surface area contributed by atoms with Crippen LogP contribution in [0.4, 0.5) is 5.69 Å². The van der Waals surface area contributed by atoms with Crippen molar-refractivity contribution in [1.82, 2.24) is 9.97 Å². The number of nitrogens with zero attached hydrogens (tertiary/aromatic N) is 2. The molecule has 0 atom stereocenters. The number of ether oxygens (including phenoxy) is 2. The number of imidazole rings is 1. The van der Waals surface area contributed by atoms with Gasteiger partial charge in [0.15, 0.2) is 0 Å². The fraction of sp³-hybridized carbons (Fsp3) is 0.286. The number of hydrogen-bond donors (Lipinski definition) is 1. The van der Waals surface area contributed by atoms with E-state index in [2.05, 4.69) is 23.8 Å². The second-order valence-corrected chi connectivity index (χ2v) is 6.80. The van der Waals surface area contributed by atoms with Crippen LogP contribution in [0.3, 0.4) is 0 Å². The van der Waals surface area contributed by atoms with Gasteiger partial charge in [0, 0.05) is 18.3 Å². The van der Waals surface area contributed by atoms with Crippen molar-refractivity contribution in [2.24, 2.45) is 5.92 Å². The van der Waals surface area contributed by atoms with Crippen LogP contribution in [0.2, 0.25) is 0 Å². The molecular formula is C21H23N3O4. The minimum Gasteiger partial charge on any atom is -0.465 e. The summed E-state index contributed by atoms with van der Waals surface area (Å²) in [6.45, 7) is 4.27. The lowest BCUT2D eigenvalue weighted by molar-refractivity contribution is -0.139. The van der Waals surface area contributed by atoms with Crippen LogP contribution in [0.1, 0.15) is 19.7 Å². The summed E-state index contributed by atoms with van der Waals surface area (Å²) in [7, 11) is 2.55. The van der Waals surface area contributed by atoms with E-state index in [0.717, 1.165) is 23.3 Å². The molecule has 0 aliphatic carbocycles. The molecular weight excluding hydrogens is 358 g/mol. The second-order valence-electron chi connectivity index (χ2n) is 6.80. The lowest BCUT2D eigenvalue weighted by Gasteiger charge is -2.23. The zero-order valence-electron chi connectivity index (χ0n) is 16.4. The van der Waals surface area contributed by atoms with E-state index in [9.17, 15) is 9.59 Å². The number of rotatable bonds is 5. The number of fused-ring (bicyclic) bond motifs is 1. The highest BCUT2D eigenvalue weighted by Crippen LogP contribution is 2.28. The van der Waals surface area contributed by atoms with E-state index in [0.29, 0.717) is 11.6 Å². The molecule has 7 nitrogen and oxygen atoms in total. The molecule has 146 valence electrons. The molecule has 0 spiro atoms. The quantitative estimate of drug-likeness (QED) is 0.801.